The predicted molar refractivity (Wildman–Crippen MR) is 57.5 cm³/mol. The number of nitrogens with zero attached hydrogens (tertiary/aromatic N) is 2. The van der Waals surface area contributed by atoms with Crippen molar-refractivity contribution >= 4 is 17.3 Å². The number of nitriles is 1. The fraction of sp³-hybridized carbons (Fsp3) is 0.273. The molecule has 0 unspecified atom stereocenters. The SMILES string of the molecule is CC1=NO[C@@H](c2ccccc2Cl)[C@@H]1C#N. The van der Waals surface area contributed by atoms with Gasteiger partial charge in [0.05, 0.1) is 11.8 Å². The van der Waals surface area contributed by atoms with E-state index in [9.17, 15) is 0 Å². The molecule has 0 saturated carbocycles. The van der Waals surface area contributed by atoms with Gasteiger partial charge in [-0.25, -0.2) is 0 Å². The molecule has 1 aromatic rings. The van der Waals surface area contributed by atoms with Gasteiger partial charge in [-0.15, -0.1) is 0 Å². The van der Waals surface area contributed by atoms with Crippen LogP contribution in [-0.2, 0) is 4.84 Å². The number of rotatable bonds is 1. The number of hydrogen-bond donors (Lipinski definition) is 0. The highest BCUT2D eigenvalue weighted by Gasteiger charge is 2.34. The summed E-state index contributed by atoms with van der Waals surface area (Å²) in [5.41, 5.74) is 1.51. The Bertz CT molecular complexity index is 450. The van der Waals surface area contributed by atoms with E-state index in [1.807, 2.05) is 18.2 Å². The summed E-state index contributed by atoms with van der Waals surface area (Å²) in [6.07, 6.45) is -0.372. The normalized spacial score (nSPS) is 24.2. The van der Waals surface area contributed by atoms with E-state index in [1.165, 1.54) is 0 Å². The summed E-state index contributed by atoms with van der Waals surface area (Å²) in [6, 6.07) is 9.52. The van der Waals surface area contributed by atoms with Gasteiger partial charge in [-0.1, -0.05) is 35.0 Å². The second kappa shape index (κ2) is 3.92. The molecule has 1 aliphatic rings. The molecule has 0 spiro atoms. The molecule has 1 aromatic carbocycles. The van der Waals surface area contributed by atoms with E-state index in [-0.39, 0.29) is 12.0 Å². The quantitative estimate of drug-likeness (QED) is 0.731. The van der Waals surface area contributed by atoms with Crippen molar-refractivity contribution in [1.82, 2.24) is 0 Å². The molecule has 0 N–H and O–H groups in total. The first-order valence-electron chi connectivity index (χ1n) is 4.58. The summed E-state index contributed by atoms with van der Waals surface area (Å²) >= 11 is 6.03. The summed E-state index contributed by atoms with van der Waals surface area (Å²) in [5.74, 6) is -0.343. The molecular formula is C11H9ClN2O. The van der Waals surface area contributed by atoms with Crippen LogP contribution < -0.4 is 0 Å². The van der Waals surface area contributed by atoms with Crippen molar-refractivity contribution in [3.8, 4) is 6.07 Å². The lowest BCUT2D eigenvalue weighted by Gasteiger charge is -2.13. The maximum Gasteiger partial charge on any atom is 0.175 e. The van der Waals surface area contributed by atoms with Gasteiger partial charge in [0.2, 0.25) is 0 Å². The molecule has 2 rings (SSSR count). The first-order valence-corrected chi connectivity index (χ1v) is 4.96. The van der Waals surface area contributed by atoms with Crippen LogP contribution in [0.2, 0.25) is 5.02 Å². The molecule has 0 saturated heterocycles. The van der Waals surface area contributed by atoms with Gasteiger partial charge < -0.3 is 4.84 Å². The Balaban J connectivity index is 2.35. The Morgan fingerprint density at radius 2 is 2.20 bits per heavy atom. The molecule has 3 nitrogen and oxygen atoms in total. The molecule has 1 heterocycles. The van der Waals surface area contributed by atoms with E-state index in [2.05, 4.69) is 11.2 Å². The Morgan fingerprint density at radius 3 is 2.87 bits per heavy atom. The minimum Gasteiger partial charge on any atom is -0.386 e. The smallest absolute Gasteiger partial charge is 0.175 e. The number of benzene rings is 1. The molecule has 0 aromatic heterocycles. The van der Waals surface area contributed by atoms with Crippen LogP contribution in [0, 0.1) is 17.2 Å². The van der Waals surface area contributed by atoms with E-state index in [1.54, 1.807) is 13.0 Å². The highest BCUT2D eigenvalue weighted by Crippen LogP contribution is 2.35. The van der Waals surface area contributed by atoms with Crippen LogP contribution in [-0.4, -0.2) is 5.71 Å². The van der Waals surface area contributed by atoms with E-state index >= 15 is 0 Å². The molecule has 0 amide bonds. The Kier molecular flexibility index (Phi) is 2.61. The summed E-state index contributed by atoms with van der Waals surface area (Å²) in [6.45, 7) is 1.78. The third-order valence-corrected chi connectivity index (χ3v) is 2.76. The van der Waals surface area contributed by atoms with Crippen molar-refractivity contribution in [1.29, 1.82) is 5.26 Å². The lowest BCUT2D eigenvalue weighted by molar-refractivity contribution is 0.0722. The molecule has 76 valence electrons. The van der Waals surface area contributed by atoms with Crippen molar-refractivity contribution in [2.24, 2.45) is 11.1 Å². The van der Waals surface area contributed by atoms with Crippen LogP contribution in [0.1, 0.15) is 18.6 Å². The number of hydrogen-bond acceptors (Lipinski definition) is 3. The van der Waals surface area contributed by atoms with Gasteiger partial charge >= 0.3 is 0 Å². The monoisotopic (exact) mass is 220 g/mol. The van der Waals surface area contributed by atoms with Gasteiger partial charge in [-0.2, -0.15) is 5.26 Å². The zero-order valence-corrected chi connectivity index (χ0v) is 8.90. The molecular weight excluding hydrogens is 212 g/mol. The van der Waals surface area contributed by atoms with Crippen LogP contribution in [0.3, 0.4) is 0 Å². The van der Waals surface area contributed by atoms with Crippen molar-refractivity contribution in [3.63, 3.8) is 0 Å². The fourth-order valence-corrected chi connectivity index (χ4v) is 1.82. The van der Waals surface area contributed by atoms with Crippen LogP contribution in [0.4, 0.5) is 0 Å². The lowest BCUT2D eigenvalue weighted by atomic mass is 9.94. The first-order chi connectivity index (χ1) is 7.24. The molecule has 1 aliphatic heterocycles. The summed E-state index contributed by atoms with van der Waals surface area (Å²) in [4.78, 5) is 5.22. The fourth-order valence-electron chi connectivity index (χ4n) is 1.58. The molecule has 0 bridgehead atoms. The summed E-state index contributed by atoms with van der Waals surface area (Å²) in [7, 11) is 0. The standard InChI is InChI=1S/C11H9ClN2O/c1-7-9(6-13)11(15-14-7)8-4-2-3-5-10(8)12/h2-5,9,11H,1H3/t9-,11+/m1/s1. The highest BCUT2D eigenvalue weighted by atomic mass is 35.5. The van der Waals surface area contributed by atoms with E-state index in [0.29, 0.717) is 10.7 Å². The van der Waals surface area contributed by atoms with E-state index < -0.39 is 0 Å². The minimum atomic E-state index is -0.372. The molecule has 15 heavy (non-hydrogen) atoms. The van der Waals surface area contributed by atoms with E-state index in [0.717, 1.165) is 5.56 Å². The van der Waals surface area contributed by atoms with Crippen molar-refractivity contribution in [2.75, 3.05) is 0 Å². The average molecular weight is 221 g/mol. The third-order valence-electron chi connectivity index (χ3n) is 2.41. The Labute approximate surface area is 92.9 Å². The largest absolute Gasteiger partial charge is 0.386 e. The van der Waals surface area contributed by atoms with Gasteiger partial charge in [-0.3, -0.25) is 0 Å². The van der Waals surface area contributed by atoms with Crippen molar-refractivity contribution in [3.05, 3.63) is 34.9 Å². The van der Waals surface area contributed by atoms with Gasteiger partial charge in [0.1, 0.15) is 5.92 Å². The van der Waals surface area contributed by atoms with Crippen LogP contribution in [0.15, 0.2) is 29.4 Å². The zero-order chi connectivity index (χ0) is 10.8. The van der Waals surface area contributed by atoms with Gasteiger partial charge in [0.25, 0.3) is 0 Å². The van der Waals surface area contributed by atoms with Crippen molar-refractivity contribution < 1.29 is 4.84 Å². The molecule has 2 atom stereocenters. The average Bonchev–Trinajstić information content (AvgIpc) is 2.60. The predicted octanol–water partition coefficient (Wildman–Crippen LogP) is 2.93. The second-order valence-corrected chi connectivity index (χ2v) is 3.79. The highest BCUT2D eigenvalue weighted by molar-refractivity contribution is 6.31. The second-order valence-electron chi connectivity index (χ2n) is 3.39. The molecule has 0 aliphatic carbocycles. The summed E-state index contributed by atoms with van der Waals surface area (Å²) < 4.78 is 0. The molecule has 0 fully saturated rings. The molecule has 4 heteroatoms. The lowest BCUT2D eigenvalue weighted by Crippen LogP contribution is -2.13. The number of oxime groups is 1. The topological polar surface area (TPSA) is 45.4 Å². The van der Waals surface area contributed by atoms with Gasteiger partial charge in [0.15, 0.2) is 6.10 Å². The first kappa shape index (κ1) is 10.0. The summed E-state index contributed by atoms with van der Waals surface area (Å²) in [5, 5.41) is 13.4. The Hall–Kier alpha value is -1.53. The van der Waals surface area contributed by atoms with Gasteiger partial charge in [-0.05, 0) is 13.0 Å². The van der Waals surface area contributed by atoms with Crippen LogP contribution in [0.5, 0.6) is 0 Å². The van der Waals surface area contributed by atoms with Gasteiger partial charge in [0, 0.05) is 10.6 Å². The van der Waals surface area contributed by atoms with E-state index in [4.69, 9.17) is 21.7 Å². The number of halogens is 1. The van der Waals surface area contributed by atoms with Crippen LogP contribution in [0.25, 0.3) is 0 Å². The zero-order valence-electron chi connectivity index (χ0n) is 8.14. The minimum absolute atomic E-state index is 0.343. The Morgan fingerprint density at radius 1 is 1.47 bits per heavy atom. The maximum atomic E-state index is 9.01. The third kappa shape index (κ3) is 1.69. The maximum absolute atomic E-state index is 9.01. The van der Waals surface area contributed by atoms with Crippen LogP contribution >= 0.6 is 11.6 Å². The molecule has 0 radical (unpaired) electrons. The van der Waals surface area contributed by atoms with Crippen molar-refractivity contribution in [2.45, 2.75) is 13.0 Å².